The fraction of sp³-hybridized carbons (Fsp3) is 0. The zero-order valence-corrected chi connectivity index (χ0v) is 42.2. The van der Waals surface area contributed by atoms with Crippen LogP contribution in [0.2, 0.25) is 0 Å². The van der Waals surface area contributed by atoms with E-state index in [1.54, 1.807) is 24.3 Å². The lowest BCUT2D eigenvalue weighted by atomic mass is 9.81. The van der Waals surface area contributed by atoms with Gasteiger partial charge in [0.2, 0.25) is 0 Å². The second-order valence-electron chi connectivity index (χ2n) is 20.7. The third-order valence-electron chi connectivity index (χ3n) is 16.7. The molecule has 14 aromatic rings. The van der Waals surface area contributed by atoms with E-state index >= 15 is 0 Å². The summed E-state index contributed by atoms with van der Waals surface area (Å²) in [6.07, 6.45) is 0. The molecule has 0 unspecified atom stereocenters. The van der Waals surface area contributed by atoms with Gasteiger partial charge in [0, 0.05) is 0 Å². The standard InChI is InChI=1S/C76H44F2/c77-49-37-33-45(34-38-49)51-21-7-9-23-55(51)71-61-27-13-11-25-59(61)67(47-17-3-1-4-18-47)73-63-31-15-29-57-53(41-43-65(69(57)63)75(71)73)54-42-44-66-70-58(54)30-16-32-64(70)74-68(48-19-5-2-6-20-48)60-26-12-14-28-62(60)72(76(66)74)56-24-10-8-22-52(56)46-35-39-50(78)40-36-46/h1-44H. The summed E-state index contributed by atoms with van der Waals surface area (Å²) in [6, 6.07) is 93.8. The predicted octanol–water partition coefficient (Wildman–Crippen LogP) is 21.5. The van der Waals surface area contributed by atoms with Gasteiger partial charge in [0.15, 0.2) is 0 Å². The summed E-state index contributed by atoms with van der Waals surface area (Å²) in [6.45, 7) is 0. The molecule has 16 rings (SSSR count). The van der Waals surface area contributed by atoms with Crippen LogP contribution in [0.3, 0.4) is 0 Å². The van der Waals surface area contributed by atoms with Gasteiger partial charge in [-0.3, -0.25) is 0 Å². The normalized spacial score (nSPS) is 12.0. The van der Waals surface area contributed by atoms with Gasteiger partial charge >= 0.3 is 0 Å². The van der Waals surface area contributed by atoms with Gasteiger partial charge in [-0.15, -0.1) is 0 Å². The smallest absolute Gasteiger partial charge is 0.123 e. The number of halogens is 2. The summed E-state index contributed by atoms with van der Waals surface area (Å²) in [5.74, 6) is -0.505. The number of fused-ring (bicyclic) bond motifs is 8. The molecule has 0 amide bonds. The third-order valence-corrected chi connectivity index (χ3v) is 16.7. The minimum absolute atomic E-state index is 0.253. The quantitative estimate of drug-likeness (QED) is 0.149. The maximum Gasteiger partial charge on any atom is 0.123 e. The summed E-state index contributed by atoms with van der Waals surface area (Å²) >= 11 is 0. The first-order valence-corrected chi connectivity index (χ1v) is 26.7. The van der Waals surface area contributed by atoms with Crippen LogP contribution in [0.15, 0.2) is 267 Å². The molecule has 0 atom stereocenters. The Morgan fingerprint density at radius 2 is 0.436 bits per heavy atom. The Morgan fingerprint density at radius 1 is 0.154 bits per heavy atom. The Kier molecular flexibility index (Phi) is 9.80. The van der Waals surface area contributed by atoms with Crippen molar-refractivity contribution in [3.63, 3.8) is 0 Å². The van der Waals surface area contributed by atoms with Crippen molar-refractivity contribution < 1.29 is 8.78 Å². The molecule has 0 bridgehead atoms. The highest BCUT2D eigenvalue weighted by Crippen LogP contribution is 2.62. The van der Waals surface area contributed by atoms with Gasteiger partial charge < -0.3 is 0 Å². The second-order valence-corrected chi connectivity index (χ2v) is 20.7. The number of hydrogen-bond donors (Lipinski definition) is 0. The average Bonchev–Trinajstić information content (AvgIpc) is 3.36. The molecule has 0 spiro atoms. The van der Waals surface area contributed by atoms with E-state index in [1.807, 2.05) is 24.3 Å². The van der Waals surface area contributed by atoms with Crippen molar-refractivity contribution in [2.45, 2.75) is 0 Å². The highest BCUT2D eigenvalue weighted by atomic mass is 19.1. The van der Waals surface area contributed by atoms with Gasteiger partial charge in [-0.2, -0.15) is 0 Å². The van der Waals surface area contributed by atoms with Crippen molar-refractivity contribution in [3.05, 3.63) is 279 Å². The molecule has 0 saturated heterocycles. The summed E-state index contributed by atoms with van der Waals surface area (Å²) in [7, 11) is 0. The first-order chi connectivity index (χ1) is 38.6. The van der Waals surface area contributed by atoms with Crippen LogP contribution in [-0.2, 0) is 0 Å². The Bertz CT molecular complexity index is 4510. The molecule has 0 saturated carbocycles. The van der Waals surface area contributed by atoms with E-state index in [1.165, 1.54) is 132 Å². The lowest BCUT2D eigenvalue weighted by Gasteiger charge is -2.22. The van der Waals surface area contributed by atoms with Gasteiger partial charge in [-0.1, -0.05) is 243 Å². The lowest BCUT2D eigenvalue weighted by Crippen LogP contribution is -1.95. The van der Waals surface area contributed by atoms with E-state index in [0.29, 0.717) is 0 Å². The van der Waals surface area contributed by atoms with Gasteiger partial charge in [-0.05, 0) is 190 Å². The summed E-state index contributed by atoms with van der Waals surface area (Å²) in [5, 5.41) is 9.58. The highest BCUT2D eigenvalue weighted by molar-refractivity contribution is 6.32. The molecule has 0 heterocycles. The molecule has 14 aromatic carbocycles. The molecule has 2 aliphatic carbocycles. The van der Waals surface area contributed by atoms with E-state index < -0.39 is 0 Å². The van der Waals surface area contributed by atoms with Crippen LogP contribution in [0.4, 0.5) is 8.78 Å². The van der Waals surface area contributed by atoms with Crippen LogP contribution in [0.5, 0.6) is 0 Å². The van der Waals surface area contributed by atoms with Crippen LogP contribution in [-0.4, -0.2) is 0 Å². The molecule has 78 heavy (non-hydrogen) atoms. The zero-order valence-electron chi connectivity index (χ0n) is 42.2. The topological polar surface area (TPSA) is 0 Å². The van der Waals surface area contributed by atoms with Crippen LogP contribution in [0.1, 0.15) is 0 Å². The van der Waals surface area contributed by atoms with E-state index in [4.69, 9.17) is 0 Å². The SMILES string of the molecule is Fc1ccc(-c2ccccc2-c2c3c(c(-c4ccccc4)c4ccccc24)-c2cccc4c(-c5ccc6c7c(cccc57)-c5c-6c(-c6ccccc6-c6ccc(F)cc6)c6ccccc6c5-c5ccccc5)ccc-3c24)cc1. The maximum absolute atomic E-state index is 14.5. The minimum Gasteiger partial charge on any atom is -0.207 e. The molecule has 0 aromatic heterocycles. The van der Waals surface area contributed by atoms with Crippen LogP contribution < -0.4 is 0 Å². The number of rotatable bonds is 7. The van der Waals surface area contributed by atoms with Crippen molar-refractivity contribution in [1.82, 2.24) is 0 Å². The summed E-state index contributed by atoms with van der Waals surface area (Å²) in [5.41, 5.74) is 25.5. The predicted molar refractivity (Wildman–Crippen MR) is 323 cm³/mol. The molecule has 2 aliphatic rings. The van der Waals surface area contributed by atoms with Crippen molar-refractivity contribution in [3.8, 4) is 122 Å². The van der Waals surface area contributed by atoms with E-state index in [-0.39, 0.29) is 11.6 Å². The summed E-state index contributed by atoms with van der Waals surface area (Å²) in [4.78, 5) is 0. The van der Waals surface area contributed by atoms with Gasteiger partial charge in [0.05, 0.1) is 0 Å². The van der Waals surface area contributed by atoms with E-state index in [0.717, 1.165) is 33.4 Å². The van der Waals surface area contributed by atoms with Gasteiger partial charge in [-0.25, -0.2) is 8.78 Å². The van der Waals surface area contributed by atoms with Gasteiger partial charge in [0.1, 0.15) is 11.6 Å². The van der Waals surface area contributed by atoms with Crippen molar-refractivity contribution >= 4 is 43.1 Å². The monoisotopic (exact) mass is 994 g/mol. The van der Waals surface area contributed by atoms with Crippen LogP contribution in [0.25, 0.3) is 165 Å². The third kappa shape index (κ3) is 6.44. The highest BCUT2D eigenvalue weighted by Gasteiger charge is 2.35. The Morgan fingerprint density at radius 3 is 0.833 bits per heavy atom. The summed E-state index contributed by atoms with van der Waals surface area (Å²) < 4.78 is 29.1. The van der Waals surface area contributed by atoms with Crippen LogP contribution >= 0.6 is 0 Å². The second kappa shape index (κ2) is 17.3. The fourth-order valence-electron chi connectivity index (χ4n) is 13.6. The number of hydrogen-bond acceptors (Lipinski definition) is 0. The Labute approximate surface area is 450 Å². The van der Waals surface area contributed by atoms with Crippen LogP contribution in [0, 0.1) is 11.6 Å². The fourth-order valence-corrected chi connectivity index (χ4v) is 13.6. The Balaban J connectivity index is 0.974. The number of benzene rings is 14. The Hall–Kier alpha value is -10.0. The molecule has 0 nitrogen and oxygen atoms in total. The molecule has 0 fully saturated rings. The first-order valence-electron chi connectivity index (χ1n) is 26.7. The van der Waals surface area contributed by atoms with Crippen molar-refractivity contribution in [2.24, 2.45) is 0 Å². The zero-order chi connectivity index (χ0) is 51.6. The van der Waals surface area contributed by atoms with E-state index in [9.17, 15) is 8.78 Å². The largest absolute Gasteiger partial charge is 0.207 e. The molecule has 0 aliphatic heterocycles. The average molecular weight is 995 g/mol. The maximum atomic E-state index is 14.5. The van der Waals surface area contributed by atoms with E-state index in [2.05, 4.69) is 218 Å². The lowest BCUT2D eigenvalue weighted by molar-refractivity contribution is 0.627. The first kappa shape index (κ1) is 44.3. The van der Waals surface area contributed by atoms with Crippen molar-refractivity contribution in [2.75, 3.05) is 0 Å². The molecule has 2 heteroatoms. The molecular weight excluding hydrogens is 951 g/mol. The molecule has 362 valence electrons. The molecule has 0 N–H and O–H groups in total. The van der Waals surface area contributed by atoms with Crippen molar-refractivity contribution in [1.29, 1.82) is 0 Å². The van der Waals surface area contributed by atoms with Gasteiger partial charge in [0.25, 0.3) is 0 Å². The molecular formula is C76H44F2. The molecule has 0 radical (unpaired) electrons. The minimum atomic E-state index is -0.253.